The Bertz CT molecular complexity index is 991. The molecule has 1 amide bonds. The van der Waals surface area contributed by atoms with Crippen LogP contribution in [0.4, 0.5) is 5.69 Å². The number of nitrogens with one attached hydrogen (secondary N) is 1. The predicted octanol–water partition coefficient (Wildman–Crippen LogP) is 4.20. The van der Waals surface area contributed by atoms with E-state index in [4.69, 9.17) is 11.6 Å². The molecule has 130 valence electrons. The fraction of sp³-hybridized carbons (Fsp3) is 0.0476. The van der Waals surface area contributed by atoms with Crippen molar-refractivity contribution < 1.29 is 4.79 Å². The van der Waals surface area contributed by atoms with Gasteiger partial charge in [-0.1, -0.05) is 48.0 Å². The van der Waals surface area contributed by atoms with Crippen LogP contribution in [0.1, 0.15) is 11.1 Å². The monoisotopic (exact) mass is 364 g/mol. The Kier molecular flexibility index (Phi) is 5.66. The van der Waals surface area contributed by atoms with E-state index in [2.05, 4.69) is 5.32 Å². The van der Waals surface area contributed by atoms with Gasteiger partial charge in [-0.15, -0.1) is 0 Å². The van der Waals surface area contributed by atoms with E-state index in [1.165, 1.54) is 12.1 Å². The molecule has 0 aliphatic carbocycles. The van der Waals surface area contributed by atoms with E-state index in [0.717, 1.165) is 11.1 Å². The number of halogens is 1. The molecule has 0 aliphatic rings. The van der Waals surface area contributed by atoms with Gasteiger partial charge in [0.05, 0.1) is 6.54 Å². The zero-order valence-electron chi connectivity index (χ0n) is 13.9. The van der Waals surface area contributed by atoms with Gasteiger partial charge in [0, 0.05) is 29.0 Å². The summed E-state index contributed by atoms with van der Waals surface area (Å²) in [5, 5.41) is 3.39. The van der Waals surface area contributed by atoms with Crippen LogP contribution in [0.15, 0.2) is 83.8 Å². The lowest BCUT2D eigenvalue weighted by Gasteiger charge is -2.07. The van der Waals surface area contributed by atoms with Crippen molar-refractivity contribution in [1.82, 2.24) is 4.57 Å². The van der Waals surface area contributed by atoms with Crippen molar-refractivity contribution in [3.63, 3.8) is 0 Å². The highest BCUT2D eigenvalue weighted by molar-refractivity contribution is 6.32. The smallest absolute Gasteiger partial charge is 0.250 e. The van der Waals surface area contributed by atoms with Gasteiger partial charge in [0.2, 0.25) is 5.91 Å². The molecule has 0 aliphatic heterocycles. The number of hydrogen-bond acceptors (Lipinski definition) is 2. The Morgan fingerprint density at radius 1 is 1.00 bits per heavy atom. The minimum absolute atomic E-state index is 0.0467. The van der Waals surface area contributed by atoms with E-state index in [1.54, 1.807) is 29.0 Å². The van der Waals surface area contributed by atoms with E-state index in [-0.39, 0.29) is 11.5 Å². The molecule has 0 fully saturated rings. The summed E-state index contributed by atoms with van der Waals surface area (Å²) in [6, 6.07) is 19.8. The van der Waals surface area contributed by atoms with Gasteiger partial charge in [0.15, 0.2) is 0 Å². The molecule has 26 heavy (non-hydrogen) atoms. The third-order valence-electron chi connectivity index (χ3n) is 3.79. The van der Waals surface area contributed by atoms with Gasteiger partial charge in [-0.2, -0.15) is 0 Å². The maximum absolute atomic E-state index is 12.0. The van der Waals surface area contributed by atoms with Crippen LogP contribution in [0, 0.1) is 0 Å². The first-order valence-electron chi connectivity index (χ1n) is 8.10. The molecule has 0 atom stereocenters. The highest BCUT2D eigenvalue weighted by atomic mass is 35.5. The zero-order chi connectivity index (χ0) is 18.4. The molecule has 3 rings (SSSR count). The minimum atomic E-state index is -0.239. The maximum Gasteiger partial charge on any atom is 0.250 e. The summed E-state index contributed by atoms with van der Waals surface area (Å²) in [6.45, 7) is 0.486. The lowest BCUT2D eigenvalue weighted by Crippen LogP contribution is -2.18. The second-order valence-electron chi connectivity index (χ2n) is 5.71. The fourth-order valence-electron chi connectivity index (χ4n) is 2.44. The normalized spacial score (nSPS) is 10.8. The highest BCUT2D eigenvalue weighted by Crippen LogP contribution is 2.16. The number of amides is 1. The SMILES string of the molecule is O=C(/C=C/c1ccccc1Cl)Nc1ccc(Cn2ccccc2=O)cc1. The van der Waals surface area contributed by atoms with E-state index in [1.807, 2.05) is 48.5 Å². The first-order chi connectivity index (χ1) is 12.6. The van der Waals surface area contributed by atoms with E-state index < -0.39 is 0 Å². The van der Waals surface area contributed by atoms with Crippen molar-refractivity contribution in [1.29, 1.82) is 0 Å². The van der Waals surface area contributed by atoms with E-state index in [0.29, 0.717) is 17.3 Å². The van der Waals surface area contributed by atoms with Crippen molar-refractivity contribution in [3.05, 3.63) is 106 Å². The zero-order valence-corrected chi connectivity index (χ0v) is 14.7. The van der Waals surface area contributed by atoms with Crippen LogP contribution in [0.2, 0.25) is 5.02 Å². The van der Waals surface area contributed by atoms with Gasteiger partial charge in [0.1, 0.15) is 0 Å². The Hall–Kier alpha value is -3.11. The van der Waals surface area contributed by atoms with E-state index in [9.17, 15) is 9.59 Å². The summed E-state index contributed by atoms with van der Waals surface area (Å²) in [7, 11) is 0. The molecule has 3 aromatic rings. The molecule has 1 heterocycles. The molecule has 0 saturated carbocycles. The van der Waals surface area contributed by atoms with Gasteiger partial charge >= 0.3 is 0 Å². The van der Waals surface area contributed by atoms with Crippen LogP contribution >= 0.6 is 11.6 Å². The first kappa shape index (κ1) is 17.7. The molecule has 0 spiro atoms. The average Bonchev–Trinajstić information content (AvgIpc) is 2.64. The average molecular weight is 365 g/mol. The minimum Gasteiger partial charge on any atom is -0.323 e. The second-order valence-corrected chi connectivity index (χ2v) is 6.11. The Balaban J connectivity index is 1.62. The Morgan fingerprint density at radius 3 is 2.46 bits per heavy atom. The number of aromatic nitrogens is 1. The maximum atomic E-state index is 12.0. The third kappa shape index (κ3) is 4.71. The Labute approximate surface area is 156 Å². The van der Waals surface area contributed by atoms with Crippen LogP contribution in [0.25, 0.3) is 6.08 Å². The summed E-state index contributed by atoms with van der Waals surface area (Å²) < 4.78 is 1.62. The second kappa shape index (κ2) is 8.32. The van der Waals surface area contributed by atoms with Gasteiger partial charge < -0.3 is 9.88 Å². The number of carbonyl (C=O) groups excluding carboxylic acids is 1. The molecule has 2 aromatic carbocycles. The quantitative estimate of drug-likeness (QED) is 0.690. The number of pyridine rings is 1. The van der Waals surface area contributed by atoms with Crippen molar-refractivity contribution in [3.8, 4) is 0 Å². The summed E-state index contributed by atoms with van der Waals surface area (Å²) in [5.41, 5.74) is 2.40. The molecular weight excluding hydrogens is 348 g/mol. The van der Waals surface area contributed by atoms with Crippen molar-refractivity contribution >= 4 is 29.3 Å². The standard InChI is InChI=1S/C21H17ClN2O2/c22-19-6-2-1-5-17(19)10-13-20(25)23-18-11-8-16(9-12-18)15-24-14-4-3-7-21(24)26/h1-14H,15H2,(H,23,25)/b13-10+. The number of hydrogen-bond donors (Lipinski definition) is 1. The lowest BCUT2D eigenvalue weighted by atomic mass is 10.2. The number of benzene rings is 2. The predicted molar refractivity (Wildman–Crippen MR) is 105 cm³/mol. The molecule has 0 unspecified atom stereocenters. The highest BCUT2D eigenvalue weighted by Gasteiger charge is 2.01. The van der Waals surface area contributed by atoms with Gasteiger partial charge in [0.25, 0.3) is 5.56 Å². The molecule has 4 nitrogen and oxygen atoms in total. The number of nitrogens with zero attached hydrogens (tertiary/aromatic N) is 1. The van der Waals surface area contributed by atoms with Gasteiger partial charge in [-0.25, -0.2) is 0 Å². The molecule has 1 aromatic heterocycles. The molecule has 5 heteroatoms. The molecule has 1 N–H and O–H groups in total. The lowest BCUT2D eigenvalue weighted by molar-refractivity contribution is -0.111. The van der Waals surface area contributed by atoms with Crippen LogP contribution in [-0.4, -0.2) is 10.5 Å². The fourth-order valence-corrected chi connectivity index (χ4v) is 2.64. The van der Waals surface area contributed by atoms with E-state index >= 15 is 0 Å². The molecular formula is C21H17ClN2O2. The van der Waals surface area contributed by atoms with Gasteiger partial charge in [-0.3, -0.25) is 9.59 Å². The largest absolute Gasteiger partial charge is 0.323 e. The summed E-state index contributed by atoms with van der Waals surface area (Å²) in [6.07, 6.45) is 4.87. The van der Waals surface area contributed by atoms with Crippen molar-refractivity contribution in [2.24, 2.45) is 0 Å². The molecule has 0 saturated heterocycles. The van der Waals surface area contributed by atoms with Crippen molar-refractivity contribution in [2.45, 2.75) is 6.54 Å². The topological polar surface area (TPSA) is 51.1 Å². The number of carbonyl (C=O) groups is 1. The first-order valence-corrected chi connectivity index (χ1v) is 8.47. The van der Waals surface area contributed by atoms with Crippen molar-refractivity contribution in [2.75, 3.05) is 5.32 Å². The molecule has 0 bridgehead atoms. The van der Waals surface area contributed by atoms with Crippen LogP contribution < -0.4 is 10.9 Å². The van der Waals surface area contributed by atoms with Crippen LogP contribution in [0.5, 0.6) is 0 Å². The third-order valence-corrected chi connectivity index (χ3v) is 4.14. The van der Waals surface area contributed by atoms with Crippen LogP contribution in [-0.2, 0) is 11.3 Å². The Morgan fingerprint density at radius 2 is 1.73 bits per heavy atom. The number of rotatable bonds is 5. The summed E-state index contributed by atoms with van der Waals surface area (Å²) in [5.74, 6) is -0.239. The van der Waals surface area contributed by atoms with Crippen LogP contribution in [0.3, 0.4) is 0 Å². The number of anilines is 1. The summed E-state index contributed by atoms with van der Waals surface area (Å²) in [4.78, 5) is 23.8. The van der Waals surface area contributed by atoms with Gasteiger partial charge in [-0.05, 0) is 41.5 Å². The molecule has 0 radical (unpaired) electrons. The summed E-state index contributed by atoms with van der Waals surface area (Å²) >= 11 is 6.06.